The molecular formula is C20H30N6O. The molecule has 0 aromatic heterocycles. The van der Waals surface area contributed by atoms with Crippen LogP contribution in [0.15, 0.2) is 29.3 Å². The van der Waals surface area contributed by atoms with Crippen LogP contribution in [0, 0.1) is 11.3 Å². The normalized spacial score (nSPS) is 15.9. The molecule has 2 N–H and O–H groups in total. The van der Waals surface area contributed by atoms with E-state index in [-0.39, 0.29) is 5.91 Å². The Bertz CT molecular complexity index is 669. The zero-order valence-electron chi connectivity index (χ0n) is 16.5. The summed E-state index contributed by atoms with van der Waals surface area (Å²) in [6, 6.07) is 9.99. The summed E-state index contributed by atoms with van der Waals surface area (Å²) in [5.41, 5.74) is 1.73. The van der Waals surface area contributed by atoms with E-state index in [1.54, 1.807) is 19.0 Å². The summed E-state index contributed by atoms with van der Waals surface area (Å²) in [5, 5.41) is 15.7. The van der Waals surface area contributed by atoms with E-state index in [4.69, 9.17) is 5.26 Å². The maximum absolute atomic E-state index is 11.8. The summed E-state index contributed by atoms with van der Waals surface area (Å²) in [6.45, 7) is 5.73. The molecule has 1 aliphatic rings. The van der Waals surface area contributed by atoms with Gasteiger partial charge in [0.1, 0.15) is 0 Å². The van der Waals surface area contributed by atoms with Crippen LogP contribution in [0.5, 0.6) is 0 Å². The van der Waals surface area contributed by atoms with Crippen molar-refractivity contribution in [3.05, 3.63) is 35.4 Å². The number of piperidine rings is 1. The number of carbonyl (C=O) groups excluding carboxylic acids is 1. The fourth-order valence-electron chi connectivity index (χ4n) is 2.94. The molecule has 0 bridgehead atoms. The van der Waals surface area contributed by atoms with Gasteiger partial charge in [-0.05, 0) is 37.5 Å². The molecule has 7 heteroatoms. The molecule has 1 saturated heterocycles. The molecule has 27 heavy (non-hydrogen) atoms. The number of nitrogens with zero attached hydrogens (tertiary/aromatic N) is 4. The highest BCUT2D eigenvalue weighted by Gasteiger charge is 2.21. The van der Waals surface area contributed by atoms with Gasteiger partial charge in [0, 0.05) is 39.8 Å². The van der Waals surface area contributed by atoms with Gasteiger partial charge >= 0.3 is 0 Å². The van der Waals surface area contributed by atoms with Crippen LogP contribution < -0.4 is 10.6 Å². The average molecular weight is 371 g/mol. The summed E-state index contributed by atoms with van der Waals surface area (Å²) in [5.74, 6) is 0.961. The molecule has 0 unspecified atom stereocenters. The van der Waals surface area contributed by atoms with E-state index in [9.17, 15) is 4.79 Å². The monoisotopic (exact) mass is 370 g/mol. The van der Waals surface area contributed by atoms with Crippen molar-refractivity contribution in [1.82, 2.24) is 20.4 Å². The Morgan fingerprint density at radius 2 is 1.96 bits per heavy atom. The summed E-state index contributed by atoms with van der Waals surface area (Å²) >= 11 is 0. The number of likely N-dealkylation sites (N-methyl/N-ethyl adjacent to an activating group) is 1. The molecule has 1 heterocycles. The second-order valence-electron chi connectivity index (χ2n) is 6.99. The highest BCUT2D eigenvalue weighted by molar-refractivity contribution is 5.80. The molecule has 1 fully saturated rings. The number of nitrogens with one attached hydrogen (secondary N) is 2. The van der Waals surface area contributed by atoms with Crippen molar-refractivity contribution in [3.63, 3.8) is 0 Å². The van der Waals surface area contributed by atoms with Crippen LogP contribution in [0.1, 0.15) is 30.9 Å². The predicted octanol–water partition coefficient (Wildman–Crippen LogP) is 1.17. The lowest BCUT2D eigenvalue weighted by Crippen LogP contribution is -2.50. The molecule has 1 aromatic carbocycles. The van der Waals surface area contributed by atoms with Crippen molar-refractivity contribution in [2.24, 2.45) is 4.99 Å². The van der Waals surface area contributed by atoms with Gasteiger partial charge in [0.2, 0.25) is 5.91 Å². The largest absolute Gasteiger partial charge is 0.357 e. The van der Waals surface area contributed by atoms with Gasteiger partial charge < -0.3 is 15.5 Å². The van der Waals surface area contributed by atoms with Crippen molar-refractivity contribution in [2.75, 3.05) is 40.3 Å². The number of aliphatic imine (C=N–C) groups is 1. The lowest BCUT2D eigenvalue weighted by atomic mass is 10.1. The first kappa shape index (κ1) is 20.7. The fraction of sp³-hybridized carbons (Fsp3) is 0.550. The third kappa shape index (κ3) is 6.91. The van der Waals surface area contributed by atoms with Gasteiger partial charge in [0.05, 0.1) is 24.7 Å². The van der Waals surface area contributed by atoms with E-state index < -0.39 is 0 Å². The molecule has 1 aromatic rings. The number of carbonyl (C=O) groups is 1. The first-order valence-electron chi connectivity index (χ1n) is 9.48. The Hall–Kier alpha value is -2.59. The van der Waals surface area contributed by atoms with E-state index in [2.05, 4.69) is 26.6 Å². The van der Waals surface area contributed by atoms with E-state index in [0.29, 0.717) is 24.7 Å². The van der Waals surface area contributed by atoms with Gasteiger partial charge in [-0.25, -0.2) is 4.99 Å². The van der Waals surface area contributed by atoms with E-state index in [1.807, 2.05) is 31.2 Å². The minimum Gasteiger partial charge on any atom is -0.357 e. The van der Waals surface area contributed by atoms with Gasteiger partial charge in [-0.1, -0.05) is 12.1 Å². The van der Waals surface area contributed by atoms with E-state index in [1.165, 1.54) is 0 Å². The smallest absolute Gasteiger partial charge is 0.236 e. The van der Waals surface area contributed by atoms with Gasteiger partial charge in [-0.3, -0.25) is 9.69 Å². The first-order valence-corrected chi connectivity index (χ1v) is 9.48. The van der Waals surface area contributed by atoms with E-state index in [0.717, 1.165) is 44.0 Å². The number of benzene rings is 1. The Balaban J connectivity index is 1.85. The topological polar surface area (TPSA) is 83.8 Å². The van der Waals surface area contributed by atoms with Crippen LogP contribution in [0.3, 0.4) is 0 Å². The molecule has 0 atom stereocenters. The quantitative estimate of drug-likeness (QED) is 0.580. The fourth-order valence-corrected chi connectivity index (χ4v) is 2.94. The second-order valence-corrected chi connectivity index (χ2v) is 6.99. The van der Waals surface area contributed by atoms with Gasteiger partial charge in [0.25, 0.3) is 0 Å². The van der Waals surface area contributed by atoms with E-state index >= 15 is 0 Å². The average Bonchev–Trinajstić information content (AvgIpc) is 2.68. The van der Waals surface area contributed by atoms with Crippen molar-refractivity contribution in [2.45, 2.75) is 32.4 Å². The van der Waals surface area contributed by atoms with Gasteiger partial charge in [0.15, 0.2) is 5.96 Å². The Kier molecular flexibility index (Phi) is 8.08. The van der Waals surface area contributed by atoms with Crippen LogP contribution in [0.4, 0.5) is 0 Å². The van der Waals surface area contributed by atoms with Crippen LogP contribution >= 0.6 is 0 Å². The van der Waals surface area contributed by atoms with Crippen molar-refractivity contribution in [1.29, 1.82) is 5.26 Å². The van der Waals surface area contributed by atoms with Crippen LogP contribution in [-0.2, 0) is 11.3 Å². The Morgan fingerprint density at radius 1 is 1.30 bits per heavy atom. The third-order valence-corrected chi connectivity index (χ3v) is 4.63. The zero-order valence-corrected chi connectivity index (χ0v) is 16.5. The number of hydrogen-bond donors (Lipinski definition) is 2. The SMILES string of the molecule is CCNC(=NCc1ccc(C#N)cc1)NC1CCN(CC(=O)N(C)C)CC1. The van der Waals surface area contributed by atoms with Crippen molar-refractivity contribution >= 4 is 11.9 Å². The highest BCUT2D eigenvalue weighted by atomic mass is 16.2. The van der Waals surface area contributed by atoms with Crippen LogP contribution in [0.2, 0.25) is 0 Å². The highest BCUT2D eigenvalue weighted by Crippen LogP contribution is 2.10. The van der Waals surface area contributed by atoms with Crippen LogP contribution in [-0.4, -0.2) is 68.0 Å². The predicted molar refractivity (Wildman–Crippen MR) is 107 cm³/mol. The molecular weight excluding hydrogens is 340 g/mol. The maximum Gasteiger partial charge on any atom is 0.236 e. The summed E-state index contributed by atoms with van der Waals surface area (Å²) in [7, 11) is 3.59. The molecule has 0 saturated carbocycles. The standard InChI is InChI=1S/C20H30N6O/c1-4-22-20(23-14-17-7-5-16(13-21)6-8-17)24-18-9-11-26(12-10-18)15-19(27)25(2)3/h5-8,18H,4,9-12,14-15H2,1-3H3,(H2,22,23,24). The van der Waals surface area contributed by atoms with Crippen LogP contribution in [0.25, 0.3) is 0 Å². The maximum atomic E-state index is 11.8. The summed E-state index contributed by atoms with van der Waals surface area (Å²) < 4.78 is 0. The van der Waals surface area contributed by atoms with Gasteiger partial charge in [-0.2, -0.15) is 5.26 Å². The minimum atomic E-state index is 0.152. The zero-order chi connectivity index (χ0) is 19.6. The Labute approximate surface area is 162 Å². The molecule has 1 aliphatic heterocycles. The number of rotatable bonds is 6. The number of hydrogen-bond acceptors (Lipinski definition) is 4. The molecule has 0 radical (unpaired) electrons. The summed E-state index contributed by atoms with van der Waals surface area (Å²) in [4.78, 5) is 20.4. The third-order valence-electron chi connectivity index (χ3n) is 4.63. The molecule has 1 amide bonds. The van der Waals surface area contributed by atoms with Crippen molar-refractivity contribution in [3.8, 4) is 6.07 Å². The summed E-state index contributed by atoms with van der Waals surface area (Å²) in [6.07, 6.45) is 1.98. The molecule has 0 spiro atoms. The lowest BCUT2D eigenvalue weighted by molar-refractivity contribution is -0.130. The number of likely N-dealkylation sites (tertiary alicyclic amines) is 1. The van der Waals surface area contributed by atoms with Gasteiger partial charge in [-0.15, -0.1) is 0 Å². The lowest BCUT2D eigenvalue weighted by Gasteiger charge is -2.33. The molecule has 146 valence electrons. The second kappa shape index (κ2) is 10.5. The first-order chi connectivity index (χ1) is 13.0. The van der Waals surface area contributed by atoms with Crippen molar-refractivity contribution < 1.29 is 4.79 Å². The molecule has 0 aliphatic carbocycles. The Morgan fingerprint density at radius 3 is 2.52 bits per heavy atom. The molecule has 7 nitrogen and oxygen atoms in total. The molecule has 2 rings (SSSR count). The number of nitriles is 1. The minimum absolute atomic E-state index is 0.152. The number of guanidine groups is 1. The number of amides is 1.